The Morgan fingerprint density at radius 3 is 2.68 bits per heavy atom. The first-order valence-corrected chi connectivity index (χ1v) is 10.1. The van der Waals surface area contributed by atoms with Gasteiger partial charge in [-0.15, -0.1) is 0 Å². The van der Waals surface area contributed by atoms with Gasteiger partial charge in [-0.25, -0.2) is 4.98 Å². The molecule has 0 radical (unpaired) electrons. The van der Waals surface area contributed by atoms with Gasteiger partial charge < -0.3 is 15.2 Å². The molecule has 0 fully saturated rings. The fourth-order valence-electron chi connectivity index (χ4n) is 2.90. The molecular weight excluding hydrogens is 394 g/mol. The first-order chi connectivity index (χ1) is 14.7. The maximum atomic E-state index is 12.5. The molecule has 1 aromatic carbocycles. The smallest absolute Gasteiger partial charge is 0.251 e. The molecule has 2 aromatic heterocycles. The number of nitrogens with one attached hydrogen (secondary N) is 2. The third-order valence-corrected chi connectivity index (χ3v) is 4.44. The largest absolute Gasteiger partial charge is 0.352 e. The summed E-state index contributed by atoms with van der Waals surface area (Å²) in [5.41, 5.74) is 2.07. The van der Waals surface area contributed by atoms with Crippen molar-refractivity contribution in [1.82, 2.24) is 20.4 Å². The number of rotatable bonds is 7. The van der Waals surface area contributed by atoms with Crippen LogP contribution >= 0.6 is 0 Å². The zero-order valence-electron chi connectivity index (χ0n) is 18.2. The number of carbonyl (C=O) groups excluding carboxylic acids is 2. The van der Waals surface area contributed by atoms with Gasteiger partial charge in [0.1, 0.15) is 5.82 Å². The molecule has 0 atom stereocenters. The van der Waals surface area contributed by atoms with E-state index in [-0.39, 0.29) is 30.2 Å². The second-order valence-corrected chi connectivity index (χ2v) is 8.55. The van der Waals surface area contributed by atoms with Crippen LogP contribution in [0.1, 0.15) is 49.0 Å². The van der Waals surface area contributed by atoms with Crippen LogP contribution in [0.15, 0.2) is 47.1 Å². The second kappa shape index (κ2) is 9.51. The number of pyridine rings is 1. The molecule has 8 heteroatoms. The Balaban J connectivity index is 1.55. The topological polar surface area (TPSA) is 110 Å². The number of aryl methyl sites for hydroxylation is 1. The maximum Gasteiger partial charge on any atom is 0.251 e. The molecule has 2 heterocycles. The molecule has 0 aliphatic carbocycles. The number of hydrogen-bond donors (Lipinski definition) is 2. The Morgan fingerprint density at radius 1 is 1.13 bits per heavy atom. The number of nitrogens with zero attached hydrogens (tertiary/aromatic N) is 3. The third-order valence-electron chi connectivity index (χ3n) is 4.44. The molecule has 0 unspecified atom stereocenters. The molecule has 2 N–H and O–H groups in total. The Morgan fingerprint density at radius 2 is 1.94 bits per heavy atom. The van der Waals surface area contributed by atoms with Crippen molar-refractivity contribution in [3.05, 3.63) is 59.6 Å². The lowest BCUT2D eigenvalue weighted by atomic mass is 9.92. The molecular formula is C23H27N5O3. The average molecular weight is 422 g/mol. The number of amides is 2. The van der Waals surface area contributed by atoms with Crippen molar-refractivity contribution < 1.29 is 14.1 Å². The zero-order chi connectivity index (χ0) is 22.4. The van der Waals surface area contributed by atoms with E-state index < -0.39 is 0 Å². The summed E-state index contributed by atoms with van der Waals surface area (Å²) in [5.74, 6) is 1.04. The van der Waals surface area contributed by atoms with Gasteiger partial charge in [-0.1, -0.05) is 44.1 Å². The quantitative estimate of drug-likeness (QED) is 0.601. The lowest BCUT2D eigenvalue weighted by molar-refractivity contribution is -0.116. The van der Waals surface area contributed by atoms with Crippen LogP contribution < -0.4 is 10.6 Å². The second-order valence-electron chi connectivity index (χ2n) is 8.55. The van der Waals surface area contributed by atoms with Gasteiger partial charge in [0.25, 0.3) is 5.91 Å². The van der Waals surface area contributed by atoms with Gasteiger partial charge in [-0.05, 0) is 36.1 Å². The van der Waals surface area contributed by atoms with E-state index >= 15 is 0 Å². The molecule has 0 spiro atoms. The molecule has 3 aromatic rings. The highest BCUT2D eigenvalue weighted by Gasteiger charge is 2.18. The monoisotopic (exact) mass is 421 g/mol. The minimum absolute atomic E-state index is 0.0348. The molecule has 2 amide bonds. The first kappa shape index (κ1) is 22.1. The summed E-state index contributed by atoms with van der Waals surface area (Å²) in [7, 11) is 0. The molecule has 162 valence electrons. The normalized spacial score (nSPS) is 11.2. The van der Waals surface area contributed by atoms with E-state index in [1.54, 1.807) is 30.5 Å². The van der Waals surface area contributed by atoms with Crippen LogP contribution in [0.3, 0.4) is 0 Å². The van der Waals surface area contributed by atoms with Crippen LogP contribution in [0.25, 0.3) is 11.4 Å². The van der Waals surface area contributed by atoms with Crippen LogP contribution in [-0.2, 0) is 11.2 Å². The van der Waals surface area contributed by atoms with Crippen molar-refractivity contribution in [3.8, 4) is 11.4 Å². The van der Waals surface area contributed by atoms with Crippen molar-refractivity contribution >= 4 is 17.6 Å². The molecule has 31 heavy (non-hydrogen) atoms. The average Bonchev–Trinajstić information content (AvgIpc) is 3.16. The number of anilines is 1. The first-order valence-electron chi connectivity index (χ1n) is 10.1. The number of carbonyl (C=O) groups is 2. The summed E-state index contributed by atoms with van der Waals surface area (Å²) in [6, 6.07) is 10.7. The summed E-state index contributed by atoms with van der Waals surface area (Å²) in [6.45, 7) is 8.37. The zero-order valence-corrected chi connectivity index (χ0v) is 18.2. The molecule has 0 bridgehead atoms. The highest BCUT2D eigenvalue weighted by Crippen LogP contribution is 2.22. The standard InChI is InChI=1S/C23H27N5O3/c1-15-7-6-11-24-20(15)26-18(29)10-12-25-22(30)17-9-5-8-16(13-17)21-27-19(31-28-21)14-23(2,3)4/h5-9,11,13H,10,12,14H2,1-4H3,(H,25,30)(H,24,26,29). The van der Waals surface area contributed by atoms with Gasteiger partial charge in [0, 0.05) is 36.7 Å². The van der Waals surface area contributed by atoms with Gasteiger partial charge in [-0.2, -0.15) is 4.98 Å². The number of aromatic nitrogens is 3. The summed E-state index contributed by atoms with van der Waals surface area (Å²) >= 11 is 0. The van der Waals surface area contributed by atoms with Crippen molar-refractivity contribution in [3.63, 3.8) is 0 Å². The minimum Gasteiger partial charge on any atom is -0.352 e. The number of hydrogen-bond acceptors (Lipinski definition) is 6. The fourth-order valence-corrected chi connectivity index (χ4v) is 2.90. The minimum atomic E-state index is -0.276. The SMILES string of the molecule is Cc1cccnc1NC(=O)CCNC(=O)c1cccc(-c2noc(CC(C)(C)C)n2)c1. The van der Waals surface area contributed by atoms with Crippen LogP contribution in [0, 0.1) is 12.3 Å². The summed E-state index contributed by atoms with van der Waals surface area (Å²) in [4.78, 5) is 33.1. The highest BCUT2D eigenvalue weighted by atomic mass is 16.5. The molecule has 0 saturated heterocycles. The van der Waals surface area contributed by atoms with Gasteiger partial charge >= 0.3 is 0 Å². The van der Waals surface area contributed by atoms with Gasteiger partial charge in [-0.3, -0.25) is 9.59 Å². The molecule has 0 aliphatic heterocycles. The lowest BCUT2D eigenvalue weighted by Crippen LogP contribution is -2.27. The Bertz CT molecular complexity index is 1070. The van der Waals surface area contributed by atoms with E-state index in [1.165, 1.54) is 0 Å². The van der Waals surface area contributed by atoms with E-state index in [4.69, 9.17) is 4.52 Å². The van der Waals surface area contributed by atoms with Crippen molar-refractivity contribution in [2.75, 3.05) is 11.9 Å². The van der Waals surface area contributed by atoms with Crippen LogP contribution in [0.5, 0.6) is 0 Å². The molecule has 0 aliphatic rings. The predicted octanol–water partition coefficient (Wildman–Crippen LogP) is 3.79. The Hall–Kier alpha value is -3.55. The summed E-state index contributed by atoms with van der Waals surface area (Å²) < 4.78 is 5.33. The molecule has 8 nitrogen and oxygen atoms in total. The van der Waals surface area contributed by atoms with Crippen molar-refractivity contribution in [2.45, 2.75) is 40.5 Å². The van der Waals surface area contributed by atoms with Gasteiger partial charge in [0.15, 0.2) is 0 Å². The van der Waals surface area contributed by atoms with Crippen LogP contribution in [0.2, 0.25) is 0 Å². The third kappa shape index (κ3) is 6.47. The van der Waals surface area contributed by atoms with E-state index in [1.807, 2.05) is 19.1 Å². The molecule has 0 saturated carbocycles. The van der Waals surface area contributed by atoms with Gasteiger partial charge in [0.05, 0.1) is 0 Å². The van der Waals surface area contributed by atoms with E-state index in [0.29, 0.717) is 35.1 Å². The Labute approximate surface area is 181 Å². The van der Waals surface area contributed by atoms with E-state index in [9.17, 15) is 9.59 Å². The highest BCUT2D eigenvalue weighted by molar-refractivity contribution is 5.96. The number of benzene rings is 1. The fraction of sp³-hybridized carbons (Fsp3) is 0.348. The Kier molecular flexibility index (Phi) is 6.79. The maximum absolute atomic E-state index is 12.5. The predicted molar refractivity (Wildman–Crippen MR) is 117 cm³/mol. The van der Waals surface area contributed by atoms with E-state index in [2.05, 4.69) is 46.5 Å². The van der Waals surface area contributed by atoms with Crippen molar-refractivity contribution in [1.29, 1.82) is 0 Å². The lowest BCUT2D eigenvalue weighted by Gasteiger charge is -2.13. The molecule has 3 rings (SSSR count). The van der Waals surface area contributed by atoms with Crippen molar-refractivity contribution in [2.24, 2.45) is 5.41 Å². The van der Waals surface area contributed by atoms with Crippen LogP contribution in [0.4, 0.5) is 5.82 Å². The van der Waals surface area contributed by atoms with Crippen LogP contribution in [-0.4, -0.2) is 33.5 Å². The van der Waals surface area contributed by atoms with E-state index in [0.717, 1.165) is 5.56 Å². The summed E-state index contributed by atoms with van der Waals surface area (Å²) in [6.07, 6.45) is 2.43. The summed E-state index contributed by atoms with van der Waals surface area (Å²) in [5, 5.41) is 9.53. The van der Waals surface area contributed by atoms with Gasteiger partial charge in [0.2, 0.25) is 17.6 Å².